The molecule has 0 radical (unpaired) electrons. The van der Waals surface area contributed by atoms with Crippen LogP contribution in [0.2, 0.25) is 0 Å². The summed E-state index contributed by atoms with van der Waals surface area (Å²) in [5.41, 5.74) is 2.11. The maximum atomic E-state index is 8.89. The summed E-state index contributed by atoms with van der Waals surface area (Å²) in [7, 11) is 0. The Bertz CT molecular complexity index is 552. The Labute approximate surface area is 93.7 Å². The molecular weight excluding hydrogens is 200 g/mol. The Balaban J connectivity index is 2.01. The number of para-hydroxylation sites is 1. The van der Waals surface area contributed by atoms with Crippen molar-refractivity contribution in [1.82, 2.24) is 5.32 Å². The van der Waals surface area contributed by atoms with Crippen LogP contribution in [0, 0.1) is 17.2 Å². The number of rotatable bonds is 1. The number of furan rings is 1. The Kier molecular flexibility index (Phi) is 2.16. The lowest BCUT2D eigenvalue weighted by molar-refractivity contribution is 0.585. The Morgan fingerprint density at radius 2 is 2.31 bits per heavy atom. The maximum absolute atomic E-state index is 8.89. The van der Waals surface area contributed by atoms with Crippen LogP contribution in [0.3, 0.4) is 0 Å². The monoisotopic (exact) mass is 212 g/mol. The molecule has 0 saturated carbocycles. The Morgan fingerprint density at radius 3 is 3.12 bits per heavy atom. The van der Waals surface area contributed by atoms with Gasteiger partial charge in [0, 0.05) is 23.5 Å². The van der Waals surface area contributed by atoms with Crippen LogP contribution in [0.4, 0.5) is 0 Å². The minimum atomic E-state index is 0.121. The molecule has 0 aliphatic carbocycles. The van der Waals surface area contributed by atoms with Crippen LogP contribution in [0.1, 0.15) is 18.0 Å². The van der Waals surface area contributed by atoms with Crippen molar-refractivity contribution < 1.29 is 4.42 Å². The molecule has 1 fully saturated rings. The Morgan fingerprint density at radius 1 is 1.38 bits per heavy atom. The standard InChI is InChI=1S/C13H12N2O/c14-7-9-6-12(15-8-9)11-3-1-2-10-4-5-16-13(10)11/h1-5,9,12,15H,6,8H2. The molecule has 1 aliphatic heterocycles. The molecule has 1 N–H and O–H groups in total. The number of hydrogen-bond donors (Lipinski definition) is 1. The molecule has 2 atom stereocenters. The van der Waals surface area contributed by atoms with Gasteiger partial charge >= 0.3 is 0 Å². The van der Waals surface area contributed by atoms with Crippen molar-refractivity contribution in [3.05, 3.63) is 36.1 Å². The van der Waals surface area contributed by atoms with Gasteiger partial charge in [-0.1, -0.05) is 18.2 Å². The fraction of sp³-hybridized carbons (Fsp3) is 0.308. The zero-order valence-corrected chi connectivity index (χ0v) is 8.81. The van der Waals surface area contributed by atoms with Crippen LogP contribution in [-0.2, 0) is 0 Å². The molecule has 1 aromatic heterocycles. The summed E-state index contributed by atoms with van der Waals surface area (Å²) in [4.78, 5) is 0. The molecule has 3 rings (SSSR count). The molecule has 2 aromatic rings. The van der Waals surface area contributed by atoms with Gasteiger partial charge in [-0.05, 0) is 12.5 Å². The highest BCUT2D eigenvalue weighted by molar-refractivity contribution is 5.80. The molecule has 3 nitrogen and oxygen atoms in total. The van der Waals surface area contributed by atoms with Gasteiger partial charge in [0.05, 0.1) is 18.3 Å². The van der Waals surface area contributed by atoms with E-state index in [1.54, 1.807) is 6.26 Å². The van der Waals surface area contributed by atoms with Gasteiger partial charge in [-0.2, -0.15) is 5.26 Å². The zero-order valence-electron chi connectivity index (χ0n) is 8.81. The van der Waals surface area contributed by atoms with E-state index in [1.807, 2.05) is 18.2 Å². The molecule has 1 aromatic carbocycles. The van der Waals surface area contributed by atoms with E-state index in [9.17, 15) is 0 Å². The van der Waals surface area contributed by atoms with Crippen LogP contribution >= 0.6 is 0 Å². The van der Waals surface area contributed by atoms with Crippen LogP contribution < -0.4 is 5.32 Å². The SMILES string of the molecule is N#CC1CNC(c2cccc3ccoc23)C1. The van der Waals surface area contributed by atoms with E-state index < -0.39 is 0 Å². The van der Waals surface area contributed by atoms with Gasteiger partial charge in [0.1, 0.15) is 5.58 Å². The number of nitriles is 1. The molecule has 80 valence electrons. The minimum absolute atomic E-state index is 0.121. The van der Waals surface area contributed by atoms with Crippen molar-refractivity contribution in [1.29, 1.82) is 5.26 Å². The first-order valence-electron chi connectivity index (χ1n) is 5.47. The number of benzene rings is 1. The predicted octanol–water partition coefficient (Wildman–Crippen LogP) is 2.61. The van der Waals surface area contributed by atoms with Gasteiger partial charge in [0.2, 0.25) is 0 Å². The summed E-state index contributed by atoms with van der Waals surface area (Å²) in [6, 6.07) is 10.7. The van der Waals surface area contributed by atoms with Gasteiger partial charge in [-0.25, -0.2) is 0 Å². The lowest BCUT2D eigenvalue weighted by Crippen LogP contribution is -2.13. The average Bonchev–Trinajstić information content (AvgIpc) is 2.97. The molecule has 1 aliphatic rings. The number of fused-ring (bicyclic) bond motifs is 1. The molecular formula is C13H12N2O. The van der Waals surface area contributed by atoms with Crippen LogP contribution in [0.15, 0.2) is 34.9 Å². The number of nitrogens with zero attached hydrogens (tertiary/aromatic N) is 1. The summed E-state index contributed by atoms with van der Waals surface area (Å²) < 4.78 is 5.51. The summed E-state index contributed by atoms with van der Waals surface area (Å²) in [6.45, 7) is 0.776. The highest BCUT2D eigenvalue weighted by Gasteiger charge is 2.26. The van der Waals surface area contributed by atoms with Crippen LogP contribution in [0.25, 0.3) is 11.0 Å². The Hall–Kier alpha value is -1.79. The second-order valence-corrected chi connectivity index (χ2v) is 4.21. The van der Waals surface area contributed by atoms with E-state index in [2.05, 4.69) is 17.5 Å². The third kappa shape index (κ3) is 1.39. The summed E-state index contributed by atoms with van der Waals surface area (Å²) in [5.74, 6) is 0.121. The normalized spacial score (nSPS) is 24.7. The van der Waals surface area contributed by atoms with Crippen molar-refractivity contribution >= 4 is 11.0 Å². The smallest absolute Gasteiger partial charge is 0.138 e. The van der Waals surface area contributed by atoms with Gasteiger partial charge in [0.25, 0.3) is 0 Å². The molecule has 1 saturated heterocycles. The van der Waals surface area contributed by atoms with Crippen molar-refractivity contribution in [3.63, 3.8) is 0 Å². The first kappa shape index (κ1) is 9.44. The second-order valence-electron chi connectivity index (χ2n) is 4.21. The van der Waals surface area contributed by atoms with E-state index in [0.717, 1.165) is 23.9 Å². The van der Waals surface area contributed by atoms with Crippen LogP contribution in [-0.4, -0.2) is 6.54 Å². The summed E-state index contributed by atoms with van der Waals surface area (Å²) in [6.07, 6.45) is 2.58. The van der Waals surface area contributed by atoms with Crippen LogP contribution in [0.5, 0.6) is 0 Å². The average molecular weight is 212 g/mol. The van der Waals surface area contributed by atoms with Gasteiger partial charge in [0.15, 0.2) is 0 Å². The van der Waals surface area contributed by atoms with E-state index in [0.29, 0.717) is 0 Å². The second kappa shape index (κ2) is 3.66. The molecule has 2 heterocycles. The van der Waals surface area contributed by atoms with Gasteiger partial charge in [-0.15, -0.1) is 0 Å². The highest BCUT2D eigenvalue weighted by atomic mass is 16.3. The van der Waals surface area contributed by atoms with Gasteiger partial charge in [-0.3, -0.25) is 0 Å². The van der Waals surface area contributed by atoms with E-state index in [1.165, 1.54) is 5.56 Å². The molecule has 0 spiro atoms. The predicted molar refractivity (Wildman–Crippen MR) is 60.7 cm³/mol. The first-order valence-corrected chi connectivity index (χ1v) is 5.47. The lowest BCUT2D eigenvalue weighted by atomic mass is 9.99. The molecule has 2 unspecified atom stereocenters. The van der Waals surface area contributed by atoms with Crippen molar-refractivity contribution in [2.45, 2.75) is 12.5 Å². The van der Waals surface area contributed by atoms with Crippen molar-refractivity contribution in [3.8, 4) is 6.07 Å². The number of hydrogen-bond acceptors (Lipinski definition) is 3. The topological polar surface area (TPSA) is 49.0 Å². The third-order valence-corrected chi connectivity index (χ3v) is 3.20. The van der Waals surface area contributed by atoms with E-state index in [4.69, 9.17) is 9.68 Å². The highest BCUT2D eigenvalue weighted by Crippen LogP contribution is 2.32. The minimum Gasteiger partial charge on any atom is -0.464 e. The van der Waals surface area contributed by atoms with Crippen molar-refractivity contribution in [2.24, 2.45) is 5.92 Å². The van der Waals surface area contributed by atoms with E-state index in [-0.39, 0.29) is 12.0 Å². The first-order chi connectivity index (χ1) is 7.88. The third-order valence-electron chi connectivity index (χ3n) is 3.20. The quantitative estimate of drug-likeness (QED) is 0.790. The summed E-state index contributed by atoms with van der Waals surface area (Å²) >= 11 is 0. The van der Waals surface area contributed by atoms with E-state index >= 15 is 0 Å². The zero-order chi connectivity index (χ0) is 11.0. The fourth-order valence-electron chi connectivity index (χ4n) is 2.36. The lowest BCUT2D eigenvalue weighted by Gasteiger charge is -2.10. The molecule has 0 amide bonds. The number of nitrogens with one attached hydrogen (secondary N) is 1. The van der Waals surface area contributed by atoms with Gasteiger partial charge < -0.3 is 9.73 Å². The largest absolute Gasteiger partial charge is 0.464 e. The van der Waals surface area contributed by atoms with Crippen molar-refractivity contribution in [2.75, 3.05) is 6.54 Å². The molecule has 16 heavy (non-hydrogen) atoms. The molecule has 3 heteroatoms. The maximum Gasteiger partial charge on any atom is 0.138 e. The summed E-state index contributed by atoms with van der Waals surface area (Å²) in [5, 5.41) is 13.4. The molecule has 0 bridgehead atoms. The fourth-order valence-corrected chi connectivity index (χ4v) is 2.36.